The van der Waals surface area contributed by atoms with Crippen molar-refractivity contribution < 1.29 is 24.5 Å². The molecule has 252 valence electrons. The Morgan fingerprint density at radius 3 is 2.26 bits per heavy atom. The first kappa shape index (κ1) is 35.3. The standard InChI is InChI=1S/C25H16N2O.C19H26NSi.Ir/c1-2-8-18(9-3-1)27-22-12-6-5-11-21(22)26-25(27)17-14-15-20-19-10-4-7-13-23(19)28-24(20)16-17;1-19(2,3)13-16-12-17(15-10-8-7-9-11-15)20-14-18(16)21(4,5)6;/h1-13,15-16,25H;7-10,12,14H,13H2,1-6H3;/q-2;-1;+3. The maximum absolute atomic E-state index is 6.09. The van der Waals surface area contributed by atoms with E-state index < -0.39 is 8.07 Å². The Bertz CT molecular complexity index is 2220. The molecule has 0 radical (unpaired) electrons. The van der Waals surface area contributed by atoms with E-state index in [1.54, 1.807) is 0 Å². The molecular weight excluding hydrogens is 807 g/mol. The van der Waals surface area contributed by atoms with Gasteiger partial charge in [-0.2, -0.15) is 17.7 Å². The third-order valence-electron chi connectivity index (χ3n) is 8.80. The minimum absolute atomic E-state index is 0. The number of furan rings is 1. The summed E-state index contributed by atoms with van der Waals surface area (Å²) in [5, 5.41) is 8.68. The molecule has 0 saturated carbocycles. The van der Waals surface area contributed by atoms with Gasteiger partial charge in [0, 0.05) is 23.2 Å². The summed E-state index contributed by atoms with van der Waals surface area (Å²) in [6.45, 7) is 14.1. The summed E-state index contributed by atoms with van der Waals surface area (Å²) in [7, 11) is -1.37. The van der Waals surface area contributed by atoms with E-state index in [1.807, 2.05) is 54.6 Å². The third-order valence-corrected chi connectivity index (χ3v) is 10.9. The smallest absolute Gasteiger partial charge is 0.661 e. The molecule has 1 unspecified atom stereocenters. The van der Waals surface area contributed by atoms with Crippen molar-refractivity contribution in [2.45, 2.75) is 53.0 Å². The van der Waals surface area contributed by atoms with Gasteiger partial charge in [-0.1, -0.05) is 112 Å². The van der Waals surface area contributed by atoms with Crippen LogP contribution in [0.15, 0.2) is 132 Å². The number of nitrogens with zero attached hydrogens (tertiary/aromatic N) is 3. The van der Waals surface area contributed by atoms with Gasteiger partial charge in [-0.3, -0.25) is 0 Å². The SMILES string of the molecule is CC(C)(C)Cc1cc(-c2[c-]cccc2)ncc1[Si](C)(C)C.[Ir+3].[c-]1cc2c(cc1C1[N-]c3ccccc3N1c1ccccc1)oc1ccccc12. The van der Waals surface area contributed by atoms with Crippen LogP contribution in [0, 0.1) is 17.5 Å². The Balaban J connectivity index is 0.000000177. The fourth-order valence-electron chi connectivity index (χ4n) is 6.59. The molecule has 0 saturated heterocycles. The van der Waals surface area contributed by atoms with Crippen molar-refractivity contribution in [3.05, 3.63) is 156 Å². The van der Waals surface area contributed by atoms with Crippen molar-refractivity contribution >= 4 is 52.3 Å². The largest absolute Gasteiger partial charge is 3.00 e. The number of rotatable bonds is 5. The molecule has 50 heavy (non-hydrogen) atoms. The van der Waals surface area contributed by atoms with Gasteiger partial charge >= 0.3 is 20.1 Å². The Hall–Kier alpha value is -4.48. The second kappa shape index (κ2) is 14.4. The molecule has 5 aromatic carbocycles. The van der Waals surface area contributed by atoms with Crippen LogP contribution in [-0.4, -0.2) is 13.1 Å². The summed E-state index contributed by atoms with van der Waals surface area (Å²) >= 11 is 0. The van der Waals surface area contributed by atoms with Crippen LogP contribution in [0.4, 0.5) is 17.1 Å². The maximum atomic E-state index is 6.09. The topological polar surface area (TPSA) is 43.4 Å². The van der Waals surface area contributed by atoms with Gasteiger partial charge in [0.2, 0.25) is 0 Å². The Morgan fingerprint density at radius 2 is 1.52 bits per heavy atom. The van der Waals surface area contributed by atoms with Gasteiger partial charge in [-0.15, -0.1) is 47.6 Å². The molecule has 1 aliphatic heterocycles. The number of pyridine rings is 1. The molecule has 1 atom stereocenters. The number of fused-ring (bicyclic) bond motifs is 4. The Morgan fingerprint density at radius 1 is 0.800 bits per heavy atom. The summed E-state index contributed by atoms with van der Waals surface area (Å²) in [5.41, 5.74) is 9.84. The minimum Gasteiger partial charge on any atom is -0.661 e. The normalized spacial score (nSPS) is 14.0. The number of benzene rings is 5. The van der Waals surface area contributed by atoms with Gasteiger partial charge in [-0.25, -0.2) is 0 Å². The molecule has 2 aromatic heterocycles. The van der Waals surface area contributed by atoms with Crippen LogP contribution in [0.25, 0.3) is 38.5 Å². The molecule has 0 bridgehead atoms. The summed E-state index contributed by atoms with van der Waals surface area (Å²) in [6.07, 6.45) is 3.04. The average Bonchev–Trinajstić information content (AvgIpc) is 3.66. The van der Waals surface area contributed by atoms with Crippen molar-refractivity contribution in [2.24, 2.45) is 5.41 Å². The zero-order valence-corrected chi connectivity index (χ0v) is 32.9. The fourth-order valence-corrected chi connectivity index (χ4v) is 8.17. The number of anilines is 2. The summed E-state index contributed by atoms with van der Waals surface area (Å²) in [6, 6.07) is 48.0. The Labute approximate surface area is 310 Å². The van der Waals surface area contributed by atoms with E-state index in [2.05, 4.69) is 130 Å². The van der Waals surface area contributed by atoms with Gasteiger partial charge in [0.1, 0.15) is 5.58 Å². The third kappa shape index (κ3) is 7.48. The van der Waals surface area contributed by atoms with E-state index in [4.69, 9.17) is 14.7 Å². The van der Waals surface area contributed by atoms with Crippen LogP contribution in [-0.2, 0) is 26.5 Å². The molecule has 0 aliphatic carbocycles. The quantitative estimate of drug-likeness (QED) is 0.128. The van der Waals surface area contributed by atoms with Crippen LogP contribution in [0.3, 0.4) is 0 Å². The number of aromatic nitrogens is 1. The molecule has 0 amide bonds. The molecular formula is C44H42IrN3OSi. The maximum Gasteiger partial charge on any atom is 3.00 e. The number of para-hydroxylation sites is 4. The first-order chi connectivity index (χ1) is 23.5. The second-order valence-electron chi connectivity index (χ2n) is 15.0. The molecule has 4 nitrogen and oxygen atoms in total. The van der Waals surface area contributed by atoms with E-state index in [0.29, 0.717) is 0 Å². The zero-order chi connectivity index (χ0) is 34.2. The van der Waals surface area contributed by atoms with Crippen molar-refractivity contribution in [2.75, 3.05) is 4.90 Å². The second-order valence-corrected chi connectivity index (χ2v) is 20.0. The van der Waals surface area contributed by atoms with Gasteiger partial charge in [0.05, 0.1) is 8.07 Å². The van der Waals surface area contributed by atoms with Gasteiger partial charge in [0.15, 0.2) is 0 Å². The molecule has 3 heterocycles. The van der Waals surface area contributed by atoms with Crippen molar-refractivity contribution in [1.82, 2.24) is 4.98 Å². The average molecular weight is 849 g/mol. The predicted molar refractivity (Wildman–Crippen MR) is 208 cm³/mol. The molecule has 6 heteroatoms. The van der Waals surface area contributed by atoms with E-state index in [1.165, 1.54) is 10.8 Å². The zero-order valence-electron chi connectivity index (χ0n) is 29.5. The fraction of sp³-hybridized carbons (Fsp3) is 0.205. The van der Waals surface area contributed by atoms with Crippen LogP contribution >= 0.6 is 0 Å². The number of hydrogen-bond acceptors (Lipinski definition) is 3. The van der Waals surface area contributed by atoms with Crippen molar-refractivity contribution in [3.63, 3.8) is 0 Å². The van der Waals surface area contributed by atoms with Crippen LogP contribution in [0.1, 0.15) is 38.1 Å². The van der Waals surface area contributed by atoms with Crippen molar-refractivity contribution in [3.8, 4) is 11.3 Å². The molecule has 0 spiro atoms. The summed E-state index contributed by atoms with van der Waals surface area (Å²) in [5.74, 6) is 0. The van der Waals surface area contributed by atoms with E-state index in [0.717, 1.165) is 62.2 Å². The monoisotopic (exact) mass is 849 g/mol. The first-order valence-corrected chi connectivity index (χ1v) is 20.5. The summed E-state index contributed by atoms with van der Waals surface area (Å²) in [4.78, 5) is 6.97. The van der Waals surface area contributed by atoms with Crippen molar-refractivity contribution in [1.29, 1.82) is 0 Å². The first-order valence-electron chi connectivity index (χ1n) is 17.0. The predicted octanol–water partition coefficient (Wildman–Crippen LogP) is 11.9. The summed E-state index contributed by atoms with van der Waals surface area (Å²) < 4.78 is 6.09. The van der Waals surface area contributed by atoms with E-state index >= 15 is 0 Å². The van der Waals surface area contributed by atoms with Crippen LogP contribution in [0.5, 0.6) is 0 Å². The van der Waals surface area contributed by atoms with Crippen LogP contribution in [0.2, 0.25) is 19.6 Å². The molecule has 0 N–H and O–H groups in total. The molecule has 1 aliphatic rings. The Kier molecular flexibility index (Phi) is 10.2. The van der Waals surface area contributed by atoms with E-state index in [-0.39, 0.29) is 31.7 Å². The molecule has 8 rings (SSSR count). The minimum atomic E-state index is -1.37. The van der Waals surface area contributed by atoms with Gasteiger partial charge < -0.3 is 19.6 Å². The molecule has 7 aromatic rings. The van der Waals surface area contributed by atoms with E-state index in [9.17, 15) is 0 Å². The van der Waals surface area contributed by atoms with Gasteiger partial charge in [-0.05, 0) is 58.5 Å². The van der Waals surface area contributed by atoms with Crippen LogP contribution < -0.4 is 10.1 Å². The number of hydrogen-bond donors (Lipinski definition) is 0. The van der Waals surface area contributed by atoms with Gasteiger partial charge in [0.25, 0.3) is 0 Å². The molecule has 0 fully saturated rings.